The molecule has 0 aliphatic carbocycles. The van der Waals surface area contributed by atoms with Crippen LogP contribution in [0.1, 0.15) is 31.4 Å². The highest BCUT2D eigenvalue weighted by Crippen LogP contribution is 2.28. The third kappa shape index (κ3) is 5.02. The molecule has 8 heteroatoms. The summed E-state index contributed by atoms with van der Waals surface area (Å²) in [4.78, 5) is 17.6. The molecule has 1 aromatic heterocycles. The Bertz CT molecular complexity index is 642. The number of hydrogen-bond donors (Lipinski definition) is 1. The molecule has 0 atom stereocenters. The van der Waals surface area contributed by atoms with Gasteiger partial charge in [-0.15, -0.1) is 12.3 Å². The molecule has 1 rings (SSSR count). The highest BCUT2D eigenvalue weighted by Gasteiger charge is 2.24. The van der Waals surface area contributed by atoms with Crippen LogP contribution < -0.4 is 9.62 Å². The lowest BCUT2D eigenvalue weighted by Gasteiger charge is -2.06. The molecule has 0 aliphatic heterocycles. The van der Waals surface area contributed by atoms with Gasteiger partial charge in [0.25, 0.3) is 10.0 Å². The van der Waals surface area contributed by atoms with Crippen molar-refractivity contribution in [2.45, 2.75) is 36.8 Å². The molecule has 0 bridgehead atoms. The van der Waals surface area contributed by atoms with Crippen molar-refractivity contribution in [3.05, 3.63) is 5.69 Å². The van der Waals surface area contributed by atoms with E-state index < -0.39 is 15.9 Å². The van der Waals surface area contributed by atoms with Crippen molar-refractivity contribution >= 4 is 32.4 Å². The van der Waals surface area contributed by atoms with E-state index in [1.54, 1.807) is 25.9 Å². The molecule has 0 unspecified atom stereocenters. The van der Waals surface area contributed by atoms with Gasteiger partial charge >= 0.3 is 0 Å². The highest BCUT2D eigenvalue weighted by atomic mass is 32.2. The molecule has 1 N–H and O–H groups in total. The highest BCUT2D eigenvalue weighted by molar-refractivity contribution is 7.92. The average Bonchev–Trinajstić information content (AvgIpc) is 2.77. The number of carbonyl (C=O) groups excluding carboxylic acids is 1. The molecule has 0 spiro atoms. The number of aromatic nitrogens is 1. The van der Waals surface area contributed by atoms with E-state index in [1.165, 1.54) is 0 Å². The number of nitrogens with one attached hydrogen (secondary N) is 1. The first-order valence-corrected chi connectivity index (χ1v) is 8.71. The largest absolute Gasteiger partial charge is 0.354 e. The molecule has 6 nitrogen and oxygen atoms in total. The molecule has 1 heterocycles. The molecule has 0 saturated carbocycles. The van der Waals surface area contributed by atoms with Gasteiger partial charge in [-0.3, -0.25) is 4.79 Å². The second-order valence-electron chi connectivity index (χ2n) is 4.70. The Balaban J connectivity index is 2.73. The van der Waals surface area contributed by atoms with Gasteiger partial charge in [-0.05, 0) is 19.8 Å². The molecule has 0 fully saturated rings. The number of rotatable bonds is 7. The zero-order valence-electron chi connectivity index (χ0n) is 12.3. The predicted molar refractivity (Wildman–Crippen MR) is 83.8 cm³/mol. The molecular weight excluding hydrogens is 310 g/mol. The lowest BCUT2D eigenvalue weighted by atomic mass is 10.2. The van der Waals surface area contributed by atoms with Crippen molar-refractivity contribution < 1.29 is 13.2 Å². The Morgan fingerprint density at radius 2 is 2.10 bits per heavy atom. The number of hydrogen-bond acceptors (Lipinski definition) is 6. The van der Waals surface area contributed by atoms with Gasteiger partial charge in [-0.2, -0.15) is 0 Å². The van der Waals surface area contributed by atoms with Crippen LogP contribution in [0, 0.1) is 19.3 Å². The normalized spacial score (nSPS) is 11.0. The van der Waals surface area contributed by atoms with Gasteiger partial charge in [0.05, 0.1) is 5.69 Å². The number of amides is 1. The van der Waals surface area contributed by atoms with Crippen molar-refractivity contribution in [3.8, 4) is 12.3 Å². The number of aryl methyl sites for hydroxylation is 1. The summed E-state index contributed by atoms with van der Waals surface area (Å²) < 4.78 is 26.5. The van der Waals surface area contributed by atoms with Gasteiger partial charge < -0.3 is 4.90 Å². The molecule has 0 aromatic carbocycles. The number of anilines is 1. The van der Waals surface area contributed by atoms with Gasteiger partial charge in [0.15, 0.2) is 9.34 Å². The zero-order chi connectivity index (χ0) is 16.0. The molecular formula is C13H19N3O3S2. The number of thiazole rings is 1. The van der Waals surface area contributed by atoms with Crippen LogP contribution in [0.15, 0.2) is 4.21 Å². The van der Waals surface area contributed by atoms with E-state index in [4.69, 9.17) is 6.42 Å². The molecule has 0 radical (unpaired) electrons. The Morgan fingerprint density at radius 3 is 2.62 bits per heavy atom. The van der Waals surface area contributed by atoms with E-state index >= 15 is 0 Å². The SMILES string of the molecule is C#CCCCCC(=O)NS(=O)(=O)c1sc(N(C)C)nc1C. The first kappa shape index (κ1) is 17.5. The summed E-state index contributed by atoms with van der Waals surface area (Å²) in [5, 5.41) is 0.578. The van der Waals surface area contributed by atoms with Gasteiger partial charge in [0.1, 0.15) is 0 Å². The van der Waals surface area contributed by atoms with Crippen LogP contribution >= 0.6 is 11.3 Å². The van der Waals surface area contributed by atoms with Crippen LogP contribution in [0.4, 0.5) is 5.13 Å². The maximum absolute atomic E-state index is 12.2. The second kappa shape index (κ2) is 7.43. The summed E-state index contributed by atoms with van der Waals surface area (Å²) in [5.41, 5.74) is 0.385. The van der Waals surface area contributed by atoms with E-state index in [-0.39, 0.29) is 10.6 Å². The Hall–Kier alpha value is -1.59. The summed E-state index contributed by atoms with van der Waals surface area (Å²) in [6.07, 6.45) is 7.10. The van der Waals surface area contributed by atoms with Crippen LogP contribution in [0.2, 0.25) is 0 Å². The fourth-order valence-electron chi connectivity index (χ4n) is 1.57. The van der Waals surface area contributed by atoms with Gasteiger partial charge in [0, 0.05) is 26.9 Å². The van der Waals surface area contributed by atoms with Crippen LogP contribution in [-0.4, -0.2) is 33.4 Å². The summed E-state index contributed by atoms with van der Waals surface area (Å²) in [5.74, 6) is 1.95. The third-order valence-electron chi connectivity index (χ3n) is 2.59. The molecule has 1 aromatic rings. The van der Waals surface area contributed by atoms with Crippen molar-refractivity contribution in [1.29, 1.82) is 0 Å². The van der Waals surface area contributed by atoms with E-state index in [1.807, 2.05) is 0 Å². The maximum Gasteiger partial charge on any atom is 0.275 e. The number of carbonyl (C=O) groups is 1. The first-order chi connectivity index (χ1) is 9.77. The minimum atomic E-state index is -3.86. The van der Waals surface area contributed by atoms with Gasteiger partial charge in [-0.25, -0.2) is 18.1 Å². The standard InChI is InChI=1S/C13H19N3O3S2/c1-5-6-7-8-9-11(17)15-21(18,19)12-10(2)14-13(20-12)16(3)4/h1H,6-9H2,2-4H3,(H,15,17). The summed E-state index contributed by atoms with van der Waals surface area (Å²) in [6, 6.07) is 0. The van der Waals surface area contributed by atoms with E-state index in [0.29, 0.717) is 30.1 Å². The second-order valence-corrected chi connectivity index (χ2v) is 7.56. The van der Waals surface area contributed by atoms with E-state index in [2.05, 4.69) is 15.6 Å². The third-order valence-corrected chi connectivity index (χ3v) is 5.90. The fourth-order valence-corrected chi connectivity index (χ4v) is 4.01. The smallest absolute Gasteiger partial charge is 0.275 e. The van der Waals surface area contributed by atoms with E-state index in [9.17, 15) is 13.2 Å². The van der Waals surface area contributed by atoms with Gasteiger partial charge in [0.2, 0.25) is 5.91 Å². The Morgan fingerprint density at radius 1 is 1.43 bits per heavy atom. The average molecular weight is 329 g/mol. The topological polar surface area (TPSA) is 79.4 Å². The quantitative estimate of drug-likeness (QED) is 0.606. The van der Waals surface area contributed by atoms with Gasteiger partial charge in [-0.1, -0.05) is 11.3 Å². The molecule has 116 valence electrons. The maximum atomic E-state index is 12.2. The number of sulfonamides is 1. The summed E-state index contributed by atoms with van der Waals surface area (Å²) in [6.45, 7) is 1.61. The van der Waals surface area contributed by atoms with Crippen molar-refractivity contribution in [2.24, 2.45) is 0 Å². The van der Waals surface area contributed by atoms with Crippen LogP contribution in [0.25, 0.3) is 0 Å². The predicted octanol–water partition coefficient (Wildman–Crippen LogP) is 1.52. The Kier molecular flexibility index (Phi) is 6.18. The first-order valence-electron chi connectivity index (χ1n) is 6.41. The summed E-state index contributed by atoms with van der Waals surface area (Å²) in [7, 11) is -0.303. The molecule has 21 heavy (non-hydrogen) atoms. The minimum Gasteiger partial charge on any atom is -0.354 e. The minimum absolute atomic E-state index is 0.0724. The Labute approximate surface area is 129 Å². The monoisotopic (exact) mass is 329 g/mol. The van der Waals surface area contributed by atoms with Crippen LogP contribution in [0.3, 0.4) is 0 Å². The van der Waals surface area contributed by atoms with Crippen LogP contribution in [0.5, 0.6) is 0 Å². The number of unbranched alkanes of at least 4 members (excludes halogenated alkanes) is 2. The van der Waals surface area contributed by atoms with Crippen LogP contribution in [-0.2, 0) is 14.8 Å². The number of terminal acetylenes is 1. The van der Waals surface area contributed by atoms with Crippen molar-refractivity contribution in [2.75, 3.05) is 19.0 Å². The number of nitrogens with zero attached hydrogens (tertiary/aromatic N) is 2. The fraction of sp³-hybridized carbons (Fsp3) is 0.538. The summed E-state index contributed by atoms with van der Waals surface area (Å²) >= 11 is 1.03. The lowest BCUT2D eigenvalue weighted by Crippen LogP contribution is -2.30. The lowest BCUT2D eigenvalue weighted by molar-refractivity contribution is -0.119. The zero-order valence-corrected chi connectivity index (χ0v) is 14.0. The van der Waals surface area contributed by atoms with Crippen molar-refractivity contribution in [3.63, 3.8) is 0 Å². The van der Waals surface area contributed by atoms with E-state index in [0.717, 1.165) is 11.3 Å². The molecule has 1 amide bonds. The molecule has 0 saturated heterocycles. The van der Waals surface area contributed by atoms with Crippen molar-refractivity contribution in [1.82, 2.24) is 9.71 Å². The molecule has 0 aliphatic rings.